The molecule has 0 saturated heterocycles. The zero-order chi connectivity index (χ0) is 20.5. The summed E-state index contributed by atoms with van der Waals surface area (Å²) in [6.45, 7) is 0. The van der Waals surface area contributed by atoms with Gasteiger partial charge in [-0.3, -0.25) is 4.79 Å². The molecule has 0 amide bonds. The van der Waals surface area contributed by atoms with Gasteiger partial charge in [0, 0.05) is 5.41 Å². The van der Waals surface area contributed by atoms with Gasteiger partial charge in [0.1, 0.15) is 16.9 Å². The van der Waals surface area contributed by atoms with E-state index in [0.29, 0.717) is 6.42 Å². The maximum atomic E-state index is 13.3. The molecule has 0 radical (unpaired) electrons. The number of rotatable bonds is 6. The lowest BCUT2D eigenvalue weighted by Gasteiger charge is -2.26. The summed E-state index contributed by atoms with van der Waals surface area (Å²) in [6.07, 6.45) is 0.634. The van der Waals surface area contributed by atoms with Crippen molar-refractivity contribution < 1.29 is 19.0 Å². The first-order valence-corrected chi connectivity index (χ1v) is 9.55. The summed E-state index contributed by atoms with van der Waals surface area (Å²) in [5.41, 5.74) is 1.76. The largest absolute Gasteiger partial charge is 0.497 e. The van der Waals surface area contributed by atoms with Crippen LogP contribution in [0.3, 0.4) is 0 Å². The standard InChI is InChI=1S/C25H24O4/c1-27-21-13-9-19(10-14-21)24(18-7-5-4-6-8-18)17-25(24,23(26)29-3)20-11-15-22(28-2)16-12-20/h4-16H,17H2,1-3H3/t24-,25-/m1/s1. The average molecular weight is 388 g/mol. The summed E-state index contributed by atoms with van der Waals surface area (Å²) in [7, 11) is 4.73. The number of hydrogen-bond donors (Lipinski definition) is 0. The fourth-order valence-electron chi connectivity index (χ4n) is 4.58. The van der Waals surface area contributed by atoms with E-state index < -0.39 is 10.8 Å². The van der Waals surface area contributed by atoms with Crippen molar-refractivity contribution in [2.24, 2.45) is 0 Å². The molecular formula is C25H24O4. The molecule has 0 unspecified atom stereocenters. The maximum absolute atomic E-state index is 13.3. The quantitative estimate of drug-likeness (QED) is 0.583. The summed E-state index contributed by atoms with van der Waals surface area (Å²) in [4.78, 5) is 13.3. The van der Waals surface area contributed by atoms with Crippen LogP contribution < -0.4 is 9.47 Å². The highest BCUT2D eigenvalue weighted by Gasteiger charge is 2.74. The Morgan fingerprint density at radius 1 is 0.690 bits per heavy atom. The number of carbonyl (C=O) groups excluding carboxylic acids is 1. The van der Waals surface area contributed by atoms with Gasteiger partial charge in [0.25, 0.3) is 0 Å². The highest BCUT2D eigenvalue weighted by molar-refractivity contribution is 5.93. The van der Waals surface area contributed by atoms with Gasteiger partial charge in [-0.1, -0.05) is 54.6 Å². The monoisotopic (exact) mass is 388 g/mol. The van der Waals surface area contributed by atoms with Gasteiger partial charge in [-0.25, -0.2) is 0 Å². The average Bonchev–Trinajstić information content (AvgIpc) is 3.52. The lowest BCUT2D eigenvalue weighted by molar-refractivity contribution is -0.144. The molecular weight excluding hydrogens is 364 g/mol. The van der Waals surface area contributed by atoms with Crippen LogP contribution in [-0.4, -0.2) is 27.3 Å². The second-order valence-electron chi connectivity index (χ2n) is 7.30. The molecule has 3 aromatic carbocycles. The van der Waals surface area contributed by atoms with E-state index in [9.17, 15) is 4.79 Å². The molecule has 4 heteroatoms. The van der Waals surface area contributed by atoms with Crippen LogP contribution in [0.4, 0.5) is 0 Å². The molecule has 0 aliphatic heterocycles. The van der Waals surface area contributed by atoms with Crippen molar-refractivity contribution in [2.45, 2.75) is 17.3 Å². The molecule has 29 heavy (non-hydrogen) atoms. The molecule has 0 heterocycles. The first-order chi connectivity index (χ1) is 14.1. The third-order valence-corrected chi connectivity index (χ3v) is 6.10. The van der Waals surface area contributed by atoms with E-state index in [2.05, 4.69) is 12.1 Å². The van der Waals surface area contributed by atoms with Crippen LogP contribution in [0.15, 0.2) is 78.9 Å². The summed E-state index contributed by atoms with van der Waals surface area (Å²) in [5.74, 6) is 1.30. The number of ether oxygens (including phenoxy) is 3. The van der Waals surface area contributed by atoms with E-state index in [1.807, 2.05) is 66.7 Å². The van der Waals surface area contributed by atoms with E-state index >= 15 is 0 Å². The van der Waals surface area contributed by atoms with Crippen molar-refractivity contribution in [3.8, 4) is 11.5 Å². The Balaban J connectivity index is 1.93. The summed E-state index contributed by atoms with van der Waals surface area (Å²) in [6, 6.07) is 25.8. The Hall–Kier alpha value is -3.27. The number of benzene rings is 3. The molecule has 0 bridgehead atoms. The Bertz CT molecular complexity index is 995. The molecule has 4 nitrogen and oxygen atoms in total. The second-order valence-corrected chi connectivity index (χ2v) is 7.30. The molecule has 1 aliphatic carbocycles. The van der Waals surface area contributed by atoms with E-state index in [4.69, 9.17) is 14.2 Å². The van der Waals surface area contributed by atoms with Gasteiger partial charge in [0.2, 0.25) is 0 Å². The zero-order valence-electron chi connectivity index (χ0n) is 16.8. The van der Waals surface area contributed by atoms with Crippen molar-refractivity contribution in [1.29, 1.82) is 0 Å². The van der Waals surface area contributed by atoms with Crippen LogP contribution >= 0.6 is 0 Å². The Morgan fingerprint density at radius 2 is 1.17 bits per heavy atom. The molecule has 3 aromatic rings. The van der Waals surface area contributed by atoms with Gasteiger partial charge in [-0.2, -0.15) is 0 Å². The third-order valence-electron chi connectivity index (χ3n) is 6.10. The highest BCUT2D eigenvalue weighted by Crippen LogP contribution is 2.69. The normalized spacial score (nSPS) is 22.6. The zero-order valence-corrected chi connectivity index (χ0v) is 16.8. The van der Waals surface area contributed by atoms with Crippen molar-refractivity contribution in [3.05, 3.63) is 95.6 Å². The smallest absolute Gasteiger partial charge is 0.317 e. The fraction of sp³-hybridized carbons (Fsp3) is 0.240. The number of esters is 1. The molecule has 1 fully saturated rings. The lowest BCUT2D eigenvalue weighted by Crippen LogP contribution is -2.32. The van der Waals surface area contributed by atoms with Crippen LogP contribution in [0.1, 0.15) is 23.1 Å². The fourth-order valence-corrected chi connectivity index (χ4v) is 4.58. The van der Waals surface area contributed by atoms with Gasteiger partial charge < -0.3 is 14.2 Å². The molecule has 4 rings (SSSR count). The number of carbonyl (C=O) groups is 1. The summed E-state index contributed by atoms with van der Waals surface area (Å²) >= 11 is 0. The maximum Gasteiger partial charge on any atom is 0.317 e. The SMILES string of the molecule is COC(=O)[C@]1(c2ccc(OC)cc2)C[C@@]1(c1ccccc1)c1ccc(OC)cc1. The summed E-state index contributed by atoms with van der Waals surface area (Å²) < 4.78 is 16.0. The van der Waals surface area contributed by atoms with Gasteiger partial charge in [-0.05, 0) is 47.4 Å². The van der Waals surface area contributed by atoms with Crippen LogP contribution in [0.25, 0.3) is 0 Å². The predicted octanol–water partition coefficient (Wildman–Crippen LogP) is 4.50. The van der Waals surface area contributed by atoms with Gasteiger partial charge >= 0.3 is 5.97 Å². The van der Waals surface area contributed by atoms with Crippen molar-refractivity contribution in [1.82, 2.24) is 0 Å². The molecule has 2 atom stereocenters. The van der Waals surface area contributed by atoms with E-state index in [1.165, 1.54) is 7.11 Å². The number of hydrogen-bond acceptors (Lipinski definition) is 4. The lowest BCUT2D eigenvalue weighted by atomic mass is 9.77. The Morgan fingerprint density at radius 3 is 1.66 bits per heavy atom. The Kier molecular flexibility index (Phi) is 4.79. The minimum atomic E-state index is -0.802. The third kappa shape index (κ3) is 2.79. The molecule has 1 saturated carbocycles. The predicted molar refractivity (Wildman–Crippen MR) is 112 cm³/mol. The van der Waals surface area contributed by atoms with Crippen molar-refractivity contribution in [3.63, 3.8) is 0 Å². The topological polar surface area (TPSA) is 44.8 Å². The van der Waals surface area contributed by atoms with Gasteiger partial charge in [0.05, 0.1) is 21.3 Å². The summed E-state index contributed by atoms with van der Waals surface area (Å²) in [5, 5.41) is 0. The minimum Gasteiger partial charge on any atom is -0.497 e. The Labute approximate surface area is 171 Å². The molecule has 0 N–H and O–H groups in total. The van der Waals surface area contributed by atoms with Crippen molar-refractivity contribution in [2.75, 3.05) is 21.3 Å². The molecule has 0 spiro atoms. The van der Waals surface area contributed by atoms with Crippen LogP contribution in [0, 0.1) is 0 Å². The van der Waals surface area contributed by atoms with Crippen LogP contribution in [0.5, 0.6) is 11.5 Å². The van der Waals surface area contributed by atoms with Gasteiger partial charge in [-0.15, -0.1) is 0 Å². The van der Waals surface area contributed by atoms with Crippen molar-refractivity contribution >= 4 is 5.97 Å². The highest BCUT2D eigenvalue weighted by atomic mass is 16.5. The molecule has 0 aromatic heterocycles. The van der Waals surface area contributed by atoms with E-state index in [1.54, 1.807) is 14.2 Å². The minimum absolute atomic E-state index is 0.234. The number of methoxy groups -OCH3 is 3. The second kappa shape index (κ2) is 7.28. The van der Waals surface area contributed by atoms with E-state index in [-0.39, 0.29) is 5.97 Å². The van der Waals surface area contributed by atoms with Gasteiger partial charge in [0.15, 0.2) is 0 Å². The molecule has 1 aliphatic rings. The first-order valence-electron chi connectivity index (χ1n) is 9.55. The van der Waals surface area contributed by atoms with E-state index in [0.717, 1.165) is 28.2 Å². The first kappa shape index (κ1) is 19.1. The molecule has 148 valence electrons. The van der Waals surface area contributed by atoms with Crippen LogP contribution in [-0.2, 0) is 20.4 Å². The van der Waals surface area contributed by atoms with Crippen LogP contribution in [0.2, 0.25) is 0 Å².